The molecule has 0 aliphatic carbocycles. The Labute approximate surface area is 189 Å². The Balaban J connectivity index is 1.89. The lowest BCUT2D eigenvalue weighted by atomic mass is 10.1. The summed E-state index contributed by atoms with van der Waals surface area (Å²) in [5.74, 6) is 0.175. The molecule has 2 N–H and O–H groups in total. The van der Waals surface area contributed by atoms with Gasteiger partial charge in [-0.25, -0.2) is 0 Å². The number of nitrogens with one attached hydrogen (secondary N) is 2. The summed E-state index contributed by atoms with van der Waals surface area (Å²) in [6, 6.07) is 21.1. The number of hydrogen-bond donors (Lipinski definition) is 2. The lowest BCUT2D eigenvalue weighted by Crippen LogP contribution is -2.31. The van der Waals surface area contributed by atoms with Crippen molar-refractivity contribution < 1.29 is 19.1 Å². The molecule has 3 aromatic carbocycles. The number of anilines is 1. The molecule has 0 saturated carbocycles. The Kier molecular flexibility index (Phi) is 7.45. The van der Waals surface area contributed by atoms with Crippen LogP contribution in [0.3, 0.4) is 0 Å². The minimum absolute atomic E-state index is 0.0917. The van der Waals surface area contributed by atoms with E-state index in [9.17, 15) is 9.59 Å². The molecule has 0 atom stereocenters. The number of hydrogen-bond acceptors (Lipinski definition) is 4. The van der Waals surface area contributed by atoms with Gasteiger partial charge in [0.1, 0.15) is 17.2 Å². The van der Waals surface area contributed by atoms with E-state index in [1.165, 1.54) is 7.11 Å². The van der Waals surface area contributed by atoms with Gasteiger partial charge in [-0.1, -0.05) is 40.2 Å². The van der Waals surface area contributed by atoms with Crippen LogP contribution in [0.15, 0.2) is 83.0 Å². The number of methoxy groups -OCH3 is 2. The standard InChI is InChI=1S/C24H21BrN2O4/c1-30-19-13-11-18(12-14-19)26-24(29)21(15-16-7-9-17(25)10-8-16)27-23(28)20-5-3-4-6-22(20)31-2/h3-15H,1-2H3,(H,26,29)(H,27,28). The molecule has 0 bridgehead atoms. The molecular weight excluding hydrogens is 460 g/mol. The van der Waals surface area contributed by atoms with Crippen LogP contribution in [0.5, 0.6) is 11.5 Å². The first-order chi connectivity index (χ1) is 15.0. The third-order valence-corrected chi connectivity index (χ3v) is 4.90. The maximum Gasteiger partial charge on any atom is 0.272 e. The molecule has 3 aromatic rings. The maximum absolute atomic E-state index is 13.0. The van der Waals surface area contributed by atoms with E-state index in [-0.39, 0.29) is 5.70 Å². The van der Waals surface area contributed by atoms with Crippen molar-refractivity contribution in [2.75, 3.05) is 19.5 Å². The number of amides is 2. The second-order valence-corrected chi connectivity index (χ2v) is 7.36. The van der Waals surface area contributed by atoms with Crippen LogP contribution >= 0.6 is 15.9 Å². The predicted molar refractivity (Wildman–Crippen MR) is 124 cm³/mol. The van der Waals surface area contributed by atoms with Crippen LogP contribution in [0.25, 0.3) is 6.08 Å². The van der Waals surface area contributed by atoms with E-state index >= 15 is 0 Å². The van der Waals surface area contributed by atoms with Crippen molar-refractivity contribution in [1.82, 2.24) is 5.32 Å². The average molecular weight is 481 g/mol. The predicted octanol–water partition coefficient (Wildman–Crippen LogP) is 4.88. The fourth-order valence-corrected chi connectivity index (χ4v) is 3.04. The largest absolute Gasteiger partial charge is 0.497 e. The van der Waals surface area contributed by atoms with Crippen LogP contribution in [0.2, 0.25) is 0 Å². The molecule has 0 radical (unpaired) electrons. The molecule has 158 valence electrons. The highest BCUT2D eigenvalue weighted by molar-refractivity contribution is 9.10. The zero-order valence-electron chi connectivity index (χ0n) is 17.0. The van der Waals surface area contributed by atoms with E-state index in [0.29, 0.717) is 22.7 Å². The van der Waals surface area contributed by atoms with E-state index in [2.05, 4.69) is 26.6 Å². The van der Waals surface area contributed by atoms with Gasteiger partial charge >= 0.3 is 0 Å². The number of carbonyl (C=O) groups excluding carboxylic acids is 2. The summed E-state index contributed by atoms with van der Waals surface area (Å²) in [5.41, 5.74) is 1.74. The molecule has 0 saturated heterocycles. The molecule has 6 nitrogen and oxygen atoms in total. The quantitative estimate of drug-likeness (QED) is 0.472. The molecule has 2 amide bonds. The molecule has 31 heavy (non-hydrogen) atoms. The van der Waals surface area contributed by atoms with Crippen LogP contribution < -0.4 is 20.1 Å². The highest BCUT2D eigenvalue weighted by Crippen LogP contribution is 2.20. The SMILES string of the molecule is COc1ccc(NC(=O)C(=Cc2ccc(Br)cc2)NC(=O)c2ccccc2OC)cc1. The van der Waals surface area contributed by atoms with Crippen molar-refractivity contribution in [1.29, 1.82) is 0 Å². The number of halogens is 1. The monoisotopic (exact) mass is 480 g/mol. The summed E-state index contributed by atoms with van der Waals surface area (Å²) in [6.07, 6.45) is 1.61. The van der Waals surface area contributed by atoms with E-state index in [1.807, 2.05) is 24.3 Å². The Morgan fingerprint density at radius 2 is 1.55 bits per heavy atom. The van der Waals surface area contributed by atoms with Crippen molar-refractivity contribution in [2.24, 2.45) is 0 Å². The first-order valence-corrected chi connectivity index (χ1v) is 10.2. The highest BCUT2D eigenvalue weighted by Gasteiger charge is 2.17. The molecule has 0 fully saturated rings. The van der Waals surface area contributed by atoms with Gasteiger partial charge in [-0.05, 0) is 60.2 Å². The van der Waals surface area contributed by atoms with Crippen molar-refractivity contribution in [3.05, 3.63) is 94.1 Å². The summed E-state index contributed by atoms with van der Waals surface area (Å²) < 4.78 is 11.3. The van der Waals surface area contributed by atoms with Gasteiger partial charge in [0, 0.05) is 10.2 Å². The fraction of sp³-hybridized carbons (Fsp3) is 0.0833. The number of rotatable bonds is 7. The lowest BCUT2D eigenvalue weighted by Gasteiger charge is -2.13. The van der Waals surface area contributed by atoms with Gasteiger partial charge in [-0.2, -0.15) is 0 Å². The zero-order valence-corrected chi connectivity index (χ0v) is 18.6. The van der Waals surface area contributed by atoms with Gasteiger partial charge in [0.15, 0.2) is 0 Å². The zero-order chi connectivity index (χ0) is 22.2. The van der Waals surface area contributed by atoms with Crippen molar-refractivity contribution in [2.45, 2.75) is 0 Å². The first kappa shape index (κ1) is 22.1. The number of benzene rings is 3. The molecule has 3 rings (SSSR count). The van der Waals surface area contributed by atoms with Crippen LogP contribution in [0.4, 0.5) is 5.69 Å². The smallest absolute Gasteiger partial charge is 0.272 e. The van der Waals surface area contributed by atoms with Gasteiger partial charge in [0.25, 0.3) is 11.8 Å². The Morgan fingerprint density at radius 1 is 0.871 bits per heavy atom. The van der Waals surface area contributed by atoms with Crippen molar-refractivity contribution in [3.8, 4) is 11.5 Å². The summed E-state index contributed by atoms with van der Waals surface area (Å²) in [7, 11) is 3.06. The topological polar surface area (TPSA) is 76.7 Å². The second-order valence-electron chi connectivity index (χ2n) is 6.45. The lowest BCUT2D eigenvalue weighted by molar-refractivity contribution is -0.113. The van der Waals surface area contributed by atoms with E-state index in [0.717, 1.165) is 10.0 Å². The summed E-state index contributed by atoms with van der Waals surface area (Å²) in [6.45, 7) is 0. The maximum atomic E-state index is 13.0. The molecule has 0 aliphatic rings. The second kappa shape index (κ2) is 10.4. The average Bonchev–Trinajstić information content (AvgIpc) is 2.80. The number of ether oxygens (including phenoxy) is 2. The van der Waals surface area contributed by atoms with Crippen molar-refractivity contribution in [3.63, 3.8) is 0 Å². The molecule has 0 aliphatic heterocycles. The Hall–Kier alpha value is -3.58. The van der Waals surface area contributed by atoms with Gasteiger partial charge in [0.2, 0.25) is 0 Å². The van der Waals surface area contributed by atoms with E-state index in [4.69, 9.17) is 9.47 Å². The molecular formula is C24H21BrN2O4. The molecule has 0 unspecified atom stereocenters. The van der Waals surface area contributed by atoms with E-state index < -0.39 is 11.8 Å². The van der Waals surface area contributed by atoms with Crippen LogP contribution in [-0.4, -0.2) is 26.0 Å². The summed E-state index contributed by atoms with van der Waals surface area (Å²) in [5, 5.41) is 5.50. The van der Waals surface area contributed by atoms with Crippen LogP contribution in [0.1, 0.15) is 15.9 Å². The molecule has 0 aromatic heterocycles. The minimum atomic E-state index is -0.462. The highest BCUT2D eigenvalue weighted by atomic mass is 79.9. The summed E-state index contributed by atoms with van der Waals surface area (Å²) in [4.78, 5) is 25.9. The fourth-order valence-electron chi connectivity index (χ4n) is 2.78. The summed E-state index contributed by atoms with van der Waals surface area (Å²) >= 11 is 3.39. The first-order valence-electron chi connectivity index (χ1n) is 9.37. The number of carbonyl (C=O) groups is 2. The van der Waals surface area contributed by atoms with Gasteiger partial charge in [-0.15, -0.1) is 0 Å². The Morgan fingerprint density at radius 3 is 2.19 bits per heavy atom. The Bertz CT molecular complexity index is 1090. The molecule has 7 heteroatoms. The van der Waals surface area contributed by atoms with Crippen molar-refractivity contribution >= 4 is 39.5 Å². The third kappa shape index (κ3) is 5.96. The minimum Gasteiger partial charge on any atom is -0.497 e. The van der Waals surface area contributed by atoms with Gasteiger partial charge < -0.3 is 20.1 Å². The van der Waals surface area contributed by atoms with Gasteiger partial charge in [-0.3, -0.25) is 9.59 Å². The molecule has 0 spiro atoms. The van der Waals surface area contributed by atoms with Crippen LogP contribution in [0, 0.1) is 0 Å². The van der Waals surface area contributed by atoms with E-state index in [1.54, 1.807) is 61.7 Å². The normalized spacial score (nSPS) is 10.9. The molecule has 0 heterocycles. The van der Waals surface area contributed by atoms with Crippen LogP contribution in [-0.2, 0) is 4.79 Å². The number of para-hydroxylation sites is 1. The third-order valence-electron chi connectivity index (χ3n) is 4.37. The van der Waals surface area contributed by atoms with Gasteiger partial charge in [0.05, 0.1) is 19.8 Å².